The lowest BCUT2D eigenvalue weighted by Gasteiger charge is -2.06. The standard InChI is InChI=1S/C18H13FN4OS/c1-11-20-17-13-7-3-5-9-15(13)21-18(23(17)22-11)25-10-16(24)12-6-2-4-8-14(12)19/h2-9H,10H2,1H3. The Morgan fingerprint density at radius 3 is 2.72 bits per heavy atom. The number of carbonyl (C=O) groups excluding carboxylic acids is 1. The Kier molecular flexibility index (Phi) is 3.93. The zero-order valence-electron chi connectivity index (χ0n) is 13.3. The number of thioether (sulfide) groups is 1. The summed E-state index contributed by atoms with van der Waals surface area (Å²) < 4.78 is 15.4. The van der Waals surface area contributed by atoms with Gasteiger partial charge in [0.2, 0.25) is 0 Å². The number of benzene rings is 2. The van der Waals surface area contributed by atoms with Crippen LogP contribution >= 0.6 is 11.8 Å². The molecule has 0 saturated heterocycles. The van der Waals surface area contributed by atoms with Gasteiger partial charge in [0, 0.05) is 5.39 Å². The highest BCUT2D eigenvalue weighted by Crippen LogP contribution is 2.24. The molecule has 2 aromatic carbocycles. The number of hydrogen-bond donors (Lipinski definition) is 0. The maximum atomic E-state index is 13.8. The van der Waals surface area contributed by atoms with Gasteiger partial charge in [0.25, 0.3) is 0 Å². The van der Waals surface area contributed by atoms with Crippen molar-refractivity contribution < 1.29 is 9.18 Å². The Hall–Kier alpha value is -2.80. The number of halogens is 1. The van der Waals surface area contributed by atoms with Crippen molar-refractivity contribution in [2.45, 2.75) is 12.1 Å². The monoisotopic (exact) mass is 352 g/mol. The van der Waals surface area contributed by atoms with Gasteiger partial charge in [-0.05, 0) is 31.2 Å². The average Bonchev–Trinajstić information content (AvgIpc) is 3.01. The molecule has 0 fully saturated rings. The van der Waals surface area contributed by atoms with Gasteiger partial charge in [-0.2, -0.15) is 4.52 Å². The van der Waals surface area contributed by atoms with Crippen LogP contribution in [0, 0.1) is 12.7 Å². The molecule has 0 radical (unpaired) electrons. The minimum atomic E-state index is -0.513. The molecule has 124 valence electrons. The lowest BCUT2D eigenvalue weighted by molar-refractivity contribution is 0.101. The number of nitrogens with zero attached hydrogens (tertiary/aromatic N) is 4. The summed E-state index contributed by atoms with van der Waals surface area (Å²) in [6.45, 7) is 1.81. The molecule has 0 atom stereocenters. The molecule has 0 bridgehead atoms. The first-order valence-electron chi connectivity index (χ1n) is 7.66. The highest BCUT2D eigenvalue weighted by atomic mass is 32.2. The summed E-state index contributed by atoms with van der Waals surface area (Å²) in [5.41, 5.74) is 1.56. The molecule has 0 unspecified atom stereocenters. The third-order valence-corrected chi connectivity index (χ3v) is 4.69. The molecule has 0 aliphatic carbocycles. The van der Waals surface area contributed by atoms with Crippen molar-refractivity contribution >= 4 is 34.1 Å². The Bertz CT molecular complexity index is 1110. The van der Waals surface area contributed by atoms with Crippen LogP contribution in [0.5, 0.6) is 0 Å². The van der Waals surface area contributed by atoms with Crippen molar-refractivity contribution in [2.75, 3.05) is 5.75 Å². The molecule has 25 heavy (non-hydrogen) atoms. The molecule has 2 heterocycles. The zero-order valence-corrected chi connectivity index (χ0v) is 14.1. The molecular formula is C18H13FN4OS. The van der Waals surface area contributed by atoms with E-state index in [4.69, 9.17) is 0 Å². The highest BCUT2D eigenvalue weighted by molar-refractivity contribution is 7.99. The molecule has 0 N–H and O–H groups in total. The molecular weight excluding hydrogens is 339 g/mol. The fourth-order valence-electron chi connectivity index (χ4n) is 2.62. The number of Topliss-reactive ketones (excluding diaryl/α,β-unsaturated/α-hetero) is 1. The van der Waals surface area contributed by atoms with E-state index in [1.54, 1.807) is 23.6 Å². The van der Waals surface area contributed by atoms with Gasteiger partial charge < -0.3 is 0 Å². The third-order valence-electron chi connectivity index (χ3n) is 3.76. The van der Waals surface area contributed by atoms with Crippen LogP contribution in [0.3, 0.4) is 0 Å². The van der Waals surface area contributed by atoms with Crippen LogP contribution < -0.4 is 0 Å². The Morgan fingerprint density at radius 1 is 1.12 bits per heavy atom. The Balaban J connectivity index is 1.71. The first-order chi connectivity index (χ1) is 12.1. The minimum Gasteiger partial charge on any atom is -0.293 e. The van der Waals surface area contributed by atoms with Gasteiger partial charge >= 0.3 is 0 Å². The van der Waals surface area contributed by atoms with E-state index in [0.29, 0.717) is 16.6 Å². The molecule has 5 nitrogen and oxygen atoms in total. The van der Waals surface area contributed by atoms with E-state index >= 15 is 0 Å². The van der Waals surface area contributed by atoms with Crippen LogP contribution in [-0.2, 0) is 0 Å². The van der Waals surface area contributed by atoms with E-state index in [0.717, 1.165) is 10.9 Å². The number of fused-ring (bicyclic) bond motifs is 3. The number of rotatable bonds is 4. The van der Waals surface area contributed by atoms with Crippen LogP contribution in [0.1, 0.15) is 16.2 Å². The molecule has 0 saturated carbocycles. The summed E-state index contributed by atoms with van der Waals surface area (Å²) in [6, 6.07) is 13.6. The summed E-state index contributed by atoms with van der Waals surface area (Å²) in [4.78, 5) is 21.3. The fraction of sp³-hybridized carbons (Fsp3) is 0.111. The highest BCUT2D eigenvalue weighted by Gasteiger charge is 2.16. The van der Waals surface area contributed by atoms with Crippen LogP contribution in [0.25, 0.3) is 16.6 Å². The number of hydrogen-bond acceptors (Lipinski definition) is 5. The van der Waals surface area contributed by atoms with Crippen molar-refractivity contribution in [2.24, 2.45) is 0 Å². The van der Waals surface area contributed by atoms with E-state index in [1.807, 2.05) is 24.3 Å². The summed E-state index contributed by atoms with van der Waals surface area (Å²) in [7, 11) is 0. The van der Waals surface area contributed by atoms with E-state index in [-0.39, 0.29) is 17.1 Å². The molecule has 0 aliphatic heterocycles. The van der Waals surface area contributed by atoms with Gasteiger partial charge in [0.15, 0.2) is 16.6 Å². The number of aryl methyl sites for hydroxylation is 1. The van der Waals surface area contributed by atoms with Crippen molar-refractivity contribution in [3.05, 3.63) is 65.7 Å². The summed E-state index contributed by atoms with van der Waals surface area (Å²) in [5, 5.41) is 5.82. The molecule has 4 rings (SSSR count). The second-order valence-corrected chi connectivity index (χ2v) is 6.44. The lowest BCUT2D eigenvalue weighted by atomic mass is 10.1. The largest absolute Gasteiger partial charge is 0.293 e. The van der Waals surface area contributed by atoms with Crippen molar-refractivity contribution in [3.8, 4) is 0 Å². The van der Waals surface area contributed by atoms with Crippen molar-refractivity contribution in [1.29, 1.82) is 0 Å². The number of aromatic nitrogens is 4. The first-order valence-corrected chi connectivity index (χ1v) is 8.65. The molecule has 0 amide bonds. The summed E-state index contributed by atoms with van der Waals surface area (Å²) in [6.07, 6.45) is 0. The minimum absolute atomic E-state index is 0.0697. The molecule has 7 heteroatoms. The second-order valence-electron chi connectivity index (χ2n) is 5.50. The average molecular weight is 352 g/mol. The molecule has 4 aromatic rings. The number of ketones is 1. The first kappa shape index (κ1) is 15.7. The molecule has 0 spiro atoms. The van der Waals surface area contributed by atoms with E-state index in [2.05, 4.69) is 15.1 Å². The van der Waals surface area contributed by atoms with Crippen molar-refractivity contribution in [3.63, 3.8) is 0 Å². The Morgan fingerprint density at radius 2 is 1.88 bits per heavy atom. The maximum Gasteiger partial charge on any atom is 0.192 e. The number of carbonyl (C=O) groups is 1. The van der Waals surface area contributed by atoms with Gasteiger partial charge in [-0.3, -0.25) is 4.79 Å². The van der Waals surface area contributed by atoms with Gasteiger partial charge in [0.1, 0.15) is 11.6 Å². The van der Waals surface area contributed by atoms with Crippen LogP contribution in [0.2, 0.25) is 0 Å². The lowest BCUT2D eigenvalue weighted by Crippen LogP contribution is -2.07. The molecule has 2 aromatic heterocycles. The van der Waals surface area contributed by atoms with Crippen LogP contribution in [0.4, 0.5) is 4.39 Å². The summed E-state index contributed by atoms with van der Waals surface area (Å²) >= 11 is 1.22. The SMILES string of the molecule is Cc1nc2c3ccccc3nc(SCC(=O)c3ccccc3F)n2n1. The topological polar surface area (TPSA) is 60.2 Å². The smallest absolute Gasteiger partial charge is 0.192 e. The van der Waals surface area contributed by atoms with E-state index in [9.17, 15) is 9.18 Å². The van der Waals surface area contributed by atoms with Gasteiger partial charge in [-0.1, -0.05) is 36.0 Å². The van der Waals surface area contributed by atoms with Crippen LogP contribution in [0.15, 0.2) is 53.7 Å². The van der Waals surface area contributed by atoms with Gasteiger partial charge in [0.05, 0.1) is 16.8 Å². The fourth-order valence-corrected chi connectivity index (χ4v) is 3.45. The maximum absolute atomic E-state index is 13.8. The van der Waals surface area contributed by atoms with Crippen molar-refractivity contribution in [1.82, 2.24) is 19.6 Å². The van der Waals surface area contributed by atoms with E-state index < -0.39 is 5.82 Å². The molecule has 0 aliphatic rings. The Labute approximate surface area is 146 Å². The van der Waals surface area contributed by atoms with Crippen LogP contribution in [-0.4, -0.2) is 31.1 Å². The number of para-hydroxylation sites is 1. The van der Waals surface area contributed by atoms with E-state index in [1.165, 1.54) is 23.9 Å². The normalized spacial score (nSPS) is 11.3. The second kappa shape index (κ2) is 6.25. The third kappa shape index (κ3) is 2.87. The van der Waals surface area contributed by atoms with Gasteiger partial charge in [-0.15, -0.1) is 5.10 Å². The predicted octanol–water partition coefficient (Wildman–Crippen LogP) is 3.70. The zero-order chi connectivity index (χ0) is 17.4. The predicted molar refractivity (Wildman–Crippen MR) is 94.5 cm³/mol. The quantitative estimate of drug-likeness (QED) is 0.318. The summed E-state index contributed by atoms with van der Waals surface area (Å²) in [5.74, 6) is -0.106. The van der Waals surface area contributed by atoms with Gasteiger partial charge in [-0.25, -0.2) is 14.4 Å².